The fourth-order valence-electron chi connectivity index (χ4n) is 3.99. The predicted octanol–water partition coefficient (Wildman–Crippen LogP) is 5.21. The lowest BCUT2D eigenvalue weighted by atomic mass is 10.1. The second-order valence-electron chi connectivity index (χ2n) is 8.13. The van der Waals surface area contributed by atoms with Gasteiger partial charge >= 0.3 is 0 Å². The molecule has 0 radical (unpaired) electrons. The Labute approximate surface area is 206 Å². The molecule has 4 heterocycles. The Morgan fingerprint density at radius 3 is 1.53 bits per heavy atom. The van der Waals surface area contributed by atoms with Crippen molar-refractivity contribution in [3.63, 3.8) is 0 Å². The van der Waals surface area contributed by atoms with Gasteiger partial charge in [-0.25, -0.2) is 9.97 Å². The zero-order valence-electron chi connectivity index (χ0n) is 20.1. The number of aromatic nitrogens is 2. The lowest BCUT2D eigenvalue weighted by Gasteiger charge is -2.05. The number of hydrogen-bond donors (Lipinski definition) is 2. The maximum Gasteiger partial charge on any atom is 0.126 e. The van der Waals surface area contributed by atoms with Gasteiger partial charge < -0.3 is 20.9 Å². The van der Waals surface area contributed by atoms with E-state index < -0.39 is 0 Å². The van der Waals surface area contributed by atoms with Crippen molar-refractivity contribution < 1.29 is 9.47 Å². The van der Waals surface area contributed by atoms with Gasteiger partial charge in [0.05, 0.1) is 45.8 Å². The highest BCUT2D eigenvalue weighted by Crippen LogP contribution is 2.37. The summed E-state index contributed by atoms with van der Waals surface area (Å²) in [6, 6.07) is 4.01. The number of rotatable bonds is 7. The quantitative estimate of drug-likeness (QED) is 0.267. The number of aryl methyl sites for hydroxylation is 2. The highest BCUT2D eigenvalue weighted by Gasteiger charge is 2.19. The summed E-state index contributed by atoms with van der Waals surface area (Å²) in [7, 11) is 3.34. The molecular formula is C24H28N6O2S2. The van der Waals surface area contributed by atoms with Crippen molar-refractivity contribution in [2.75, 3.05) is 25.7 Å². The number of nitrogen functional groups attached to an aromatic ring is 2. The van der Waals surface area contributed by atoms with Crippen LogP contribution in [0.2, 0.25) is 0 Å². The highest BCUT2D eigenvalue weighted by molar-refractivity contribution is 7.21. The molecule has 0 amide bonds. The number of hydrogen-bond acceptors (Lipinski definition) is 10. The number of methoxy groups -OCH3 is 2. The van der Waals surface area contributed by atoms with E-state index in [2.05, 4.69) is 20.2 Å². The Hall–Kier alpha value is -2.92. The van der Waals surface area contributed by atoms with Gasteiger partial charge in [-0.2, -0.15) is 10.2 Å². The molecule has 4 aromatic rings. The van der Waals surface area contributed by atoms with Crippen molar-refractivity contribution in [1.82, 2.24) is 9.97 Å². The third-order valence-electron chi connectivity index (χ3n) is 5.42. The Bertz CT molecular complexity index is 1340. The number of thiophene rings is 2. The lowest BCUT2D eigenvalue weighted by Crippen LogP contribution is -2.00. The Kier molecular flexibility index (Phi) is 6.94. The summed E-state index contributed by atoms with van der Waals surface area (Å²) in [5, 5.41) is 10.8. The van der Waals surface area contributed by atoms with E-state index in [9.17, 15) is 0 Å². The van der Waals surface area contributed by atoms with Crippen LogP contribution in [0.25, 0.3) is 20.4 Å². The summed E-state index contributed by atoms with van der Waals surface area (Å²) in [5.41, 5.74) is 19.7. The van der Waals surface area contributed by atoms with Gasteiger partial charge in [-0.1, -0.05) is 0 Å². The number of nitrogens with two attached hydrogens (primary N) is 2. The van der Waals surface area contributed by atoms with Gasteiger partial charge in [-0.3, -0.25) is 0 Å². The smallest absolute Gasteiger partial charge is 0.126 e. The number of ether oxygens (including phenoxy) is 2. The van der Waals surface area contributed by atoms with Crippen LogP contribution < -0.4 is 11.5 Å². The van der Waals surface area contributed by atoms with E-state index in [1.807, 2.05) is 39.8 Å². The molecule has 8 nitrogen and oxygen atoms in total. The monoisotopic (exact) mass is 496 g/mol. The molecular weight excluding hydrogens is 468 g/mol. The van der Waals surface area contributed by atoms with Gasteiger partial charge in [0.25, 0.3) is 0 Å². The van der Waals surface area contributed by atoms with Crippen molar-refractivity contribution in [3.05, 3.63) is 44.4 Å². The van der Waals surface area contributed by atoms with Crippen molar-refractivity contribution in [1.29, 1.82) is 0 Å². The normalized spacial score (nSPS) is 12.9. The van der Waals surface area contributed by atoms with Gasteiger partial charge in [0.2, 0.25) is 0 Å². The van der Waals surface area contributed by atoms with Crippen molar-refractivity contribution in [2.24, 2.45) is 10.2 Å². The van der Waals surface area contributed by atoms with E-state index in [1.165, 1.54) is 22.7 Å². The van der Waals surface area contributed by atoms with Gasteiger partial charge in [0.15, 0.2) is 0 Å². The van der Waals surface area contributed by atoms with Crippen LogP contribution in [0.4, 0.5) is 11.4 Å². The van der Waals surface area contributed by atoms with E-state index >= 15 is 0 Å². The van der Waals surface area contributed by atoms with Gasteiger partial charge in [0.1, 0.15) is 9.66 Å². The van der Waals surface area contributed by atoms with Crippen LogP contribution in [-0.4, -0.2) is 35.6 Å². The molecule has 0 unspecified atom stereocenters. The molecule has 0 fully saturated rings. The molecule has 0 aliphatic heterocycles. The van der Waals surface area contributed by atoms with Gasteiger partial charge in [0, 0.05) is 36.4 Å². The first kappa shape index (κ1) is 24.2. The average molecular weight is 497 g/mol. The molecule has 0 spiro atoms. The van der Waals surface area contributed by atoms with Crippen LogP contribution in [0.3, 0.4) is 0 Å². The summed E-state index contributed by atoms with van der Waals surface area (Å²) in [5.74, 6) is 0. The highest BCUT2D eigenvalue weighted by atomic mass is 32.1. The fourth-order valence-corrected chi connectivity index (χ4v) is 6.24. The number of anilines is 2. The standard InChI is InChI=1S/C24H28N6O2S2/c1-11-7-15(9-31-5)17-19(25)21(33-23(17)27-11)13(3)29-30-14(4)22-20(26)18-16(10-32-6)8-12(2)28-24(18)34-22/h7-8H,9-10,25-26H2,1-6H3/b29-13+,30-14+. The molecule has 0 bridgehead atoms. The van der Waals surface area contributed by atoms with Crippen LogP contribution in [-0.2, 0) is 22.7 Å². The van der Waals surface area contributed by atoms with Gasteiger partial charge in [-0.05, 0) is 51.0 Å². The zero-order chi connectivity index (χ0) is 24.6. The van der Waals surface area contributed by atoms with E-state index in [0.29, 0.717) is 24.6 Å². The molecule has 10 heteroatoms. The third kappa shape index (κ3) is 4.41. The molecule has 4 N–H and O–H groups in total. The molecule has 0 aliphatic carbocycles. The SMILES string of the molecule is COCc1cc(C)nc2sc(/C(C)=N/N=C(\C)c3sc4nc(C)cc(COC)c4c3N)c(N)c12. The first-order valence-electron chi connectivity index (χ1n) is 10.7. The molecule has 4 aromatic heterocycles. The molecule has 0 saturated carbocycles. The van der Waals surface area contributed by atoms with E-state index in [4.69, 9.17) is 20.9 Å². The van der Waals surface area contributed by atoms with Crippen molar-refractivity contribution in [3.8, 4) is 0 Å². The molecule has 0 aliphatic rings. The minimum absolute atomic E-state index is 0.470. The van der Waals surface area contributed by atoms with Crippen LogP contribution in [0.1, 0.15) is 46.1 Å². The van der Waals surface area contributed by atoms with Crippen LogP contribution >= 0.6 is 22.7 Å². The Morgan fingerprint density at radius 2 is 1.18 bits per heavy atom. The van der Waals surface area contributed by atoms with Crippen molar-refractivity contribution in [2.45, 2.75) is 40.9 Å². The second kappa shape index (κ2) is 9.75. The summed E-state index contributed by atoms with van der Waals surface area (Å²) in [4.78, 5) is 12.8. The average Bonchev–Trinajstić information content (AvgIpc) is 3.29. The van der Waals surface area contributed by atoms with E-state index in [-0.39, 0.29) is 0 Å². The fraction of sp³-hybridized carbons (Fsp3) is 0.333. The second-order valence-corrected chi connectivity index (χ2v) is 10.1. The first-order valence-corrected chi connectivity index (χ1v) is 12.3. The molecule has 0 saturated heterocycles. The summed E-state index contributed by atoms with van der Waals surface area (Å²) in [6.45, 7) is 8.67. The lowest BCUT2D eigenvalue weighted by molar-refractivity contribution is 0.186. The minimum atomic E-state index is 0.470. The zero-order valence-corrected chi connectivity index (χ0v) is 21.8. The van der Waals surface area contributed by atoms with Crippen molar-refractivity contribution >= 4 is 65.9 Å². The van der Waals surface area contributed by atoms with Gasteiger partial charge in [-0.15, -0.1) is 22.7 Å². The number of pyridine rings is 2. The predicted molar refractivity (Wildman–Crippen MR) is 143 cm³/mol. The summed E-state index contributed by atoms with van der Waals surface area (Å²) in [6.07, 6.45) is 0. The number of fused-ring (bicyclic) bond motifs is 2. The van der Waals surface area contributed by atoms with E-state index in [0.717, 1.165) is 64.1 Å². The topological polar surface area (TPSA) is 121 Å². The number of nitrogens with zero attached hydrogens (tertiary/aromatic N) is 4. The van der Waals surface area contributed by atoms with Crippen LogP contribution in [0.15, 0.2) is 22.3 Å². The molecule has 34 heavy (non-hydrogen) atoms. The van der Waals surface area contributed by atoms with Crippen LogP contribution in [0.5, 0.6) is 0 Å². The Balaban J connectivity index is 1.75. The maximum atomic E-state index is 6.52. The molecule has 0 aromatic carbocycles. The maximum absolute atomic E-state index is 6.52. The minimum Gasteiger partial charge on any atom is -0.397 e. The third-order valence-corrected chi connectivity index (χ3v) is 7.84. The summed E-state index contributed by atoms with van der Waals surface area (Å²) >= 11 is 3.02. The molecule has 178 valence electrons. The Morgan fingerprint density at radius 1 is 0.794 bits per heavy atom. The van der Waals surface area contributed by atoms with Crippen LogP contribution in [0, 0.1) is 13.8 Å². The molecule has 4 rings (SSSR count). The largest absolute Gasteiger partial charge is 0.397 e. The first-order chi connectivity index (χ1) is 16.2. The molecule has 0 atom stereocenters. The summed E-state index contributed by atoms with van der Waals surface area (Å²) < 4.78 is 10.7. The van der Waals surface area contributed by atoms with E-state index in [1.54, 1.807) is 14.2 Å².